The fourth-order valence-electron chi connectivity index (χ4n) is 2.13. The molecule has 1 aromatic heterocycles. The van der Waals surface area contributed by atoms with E-state index >= 15 is 0 Å². The third-order valence-electron chi connectivity index (χ3n) is 3.29. The first kappa shape index (κ1) is 14.4. The number of nitrogens with one attached hydrogen (secondary N) is 1. The molecule has 1 aromatic carbocycles. The van der Waals surface area contributed by atoms with Crippen LogP contribution in [-0.4, -0.2) is 22.2 Å². The van der Waals surface area contributed by atoms with E-state index < -0.39 is 0 Å². The smallest absolute Gasteiger partial charge is 0.0841 e. The normalized spacial score (nSPS) is 12.2. The van der Waals surface area contributed by atoms with Crippen molar-refractivity contribution >= 4 is 22.5 Å². The Morgan fingerprint density at radius 2 is 2.05 bits per heavy atom. The molecular formula is C15H22ClN3. The van der Waals surface area contributed by atoms with E-state index in [1.807, 2.05) is 0 Å². The topological polar surface area (TPSA) is 29.9 Å². The number of hydrogen-bond acceptors (Lipinski definition) is 2. The van der Waals surface area contributed by atoms with Gasteiger partial charge in [-0.1, -0.05) is 32.0 Å². The van der Waals surface area contributed by atoms with E-state index in [0.717, 1.165) is 25.3 Å². The Balaban J connectivity index is 2.13. The maximum absolute atomic E-state index is 5.94. The standard InChI is InChI=1S/C15H22ClN3/c1-4-19-14-8-6-5-7-12(14)13(18-19)9-17-11-15(2,3)10-16/h5-8,17H,4,9-11H2,1-3H3. The molecule has 0 saturated carbocycles. The Bertz CT molecular complexity index is 545. The van der Waals surface area contributed by atoms with Crippen molar-refractivity contribution in [3.8, 4) is 0 Å². The van der Waals surface area contributed by atoms with Gasteiger partial charge in [-0.2, -0.15) is 5.10 Å². The molecule has 1 heterocycles. The first-order valence-corrected chi connectivity index (χ1v) is 7.32. The Morgan fingerprint density at radius 1 is 1.32 bits per heavy atom. The monoisotopic (exact) mass is 279 g/mol. The zero-order chi connectivity index (χ0) is 13.9. The van der Waals surface area contributed by atoms with Crippen molar-refractivity contribution in [1.29, 1.82) is 0 Å². The molecule has 0 radical (unpaired) electrons. The zero-order valence-electron chi connectivity index (χ0n) is 11.9. The highest BCUT2D eigenvalue weighted by atomic mass is 35.5. The Hall–Kier alpha value is -1.06. The van der Waals surface area contributed by atoms with Crippen LogP contribution in [0.15, 0.2) is 24.3 Å². The minimum atomic E-state index is 0.116. The van der Waals surface area contributed by atoms with Gasteiger partial charge in [-0.3, -0.25) is 4.68 Å². The van der Waals surface area contributed by atoms with Crippen LogP contribution in [0.3, 0.4) is 0 Å². The molecule has 0 amide bonds. The summed E-state index contributed by atoms with van der Waals surface area (Å²) in [5.74, 6) is 0.657. The second-order valence-electron chi connectivity index (χ2n) is 5.68. The minimum Gasteiger partial charge on any atom is -0.311 e. The first-order valence-electron chi connectivity index (χ1n) is 6.78. The molecule has 0 unspecified atom stereocenters. The van der Waals surface area contributed by atoms with Gasteiger partial charge in [0.05, 0.1) is 11.2 Å². The number of fused-ring (bicyclic) bond motifs is 1. The summed E-state index contributed by atoms with van der Waals surface area (Å²) in [6.07, 6.45) is 0. The lowest BCUT2D eigenvalue weighted by molar-refractivity contribution is 0.384. The zero-order valence-corrected chi connectivity index (χ0v) is 12.7. The highest BCUT2D eigenvalue weighted by Gasteiger charge is 2.16. The number of benzene rings is 1. The summed E-state index contributed by atoms with van der Waals surface area (Å²) in [6.45, 7) is 9.02. The predicted octanol–water partition coefficient (Wildman–Crippen LogP) is 3.41. The molecule has 4 heteroatoms. The third-order valence-corrected chi connectivity index (χ3v) is 4.02. The van der Waals surface area contributed by atoms with Crippen molar-refractivity contribution in [1.82, 2.24) is 15.1 Å². The van der Waals surface area contributed by atoms with Gasteiger partial charge >= 0.3 is 0 Å². The number of rotatable bonds is 6. The molecule has 2 rings (SSSR count). The molecule has 19 heavy (non-hydrogen) atoms. The van der Waals surface area contributed by atoms with Crippen molar-refractivity contribution in [2.45, 2.75) is 33.9 Å². The average Bonchev–Trinajstić information content (AvgIpc) is 2.77. The van der Waals surface area contributed by atoms with Crippen LogP contribution in [0.2, 0.25) is 0 Å². The van der Waals surface area contributed by atoms with Gasteiger partial charge in [0, 0.05) is 30.9 Å². The number of aryl methyl sites for hydroxylation is 1. The summed E-state index contributed by atoms with van der Waals surface area (Å²) in [7, 11) is 0. The van der Waals surface area contributed by atoms with Crippen LogP contribution in [0.4, 0.5) is 0 Å². The van der Waals surface area contributed by atoms with Crippen LogP contribution >= 0.6 is 11.6 Å². The lowest BCUT2D eigenvalue weighted by Crippen LogP contribution is -2.30. The predicted molar refractivity (Wildman–Crippen MR) is 81.6 cm³/mol. The molecule has 0 aliphatic carbocycles. The molecule has 2 aromatic rings. The summed E-state index contributed by atoms with van der Waals surface area (Å²) in [4.78, 5) is 0. The number of nitrogens with zero attached hydrogens (tertiary/aromatic N) is 2. The molecule has 0 aliphatic rings. The van der Waals surface area contributed by atoms with E-state index in [1.54, 1.807) is 0 Å². The SMILES string of the molecule is CCn1nc(CNCC(C)(C)CCl)c2ccccc21. The summed E-state index contributed by atoms with van der Waals surface area (Å²) < 4.78 is 2.05. The Morgan fingerprint density at radius 3 is 2.74 bits per heavy atom. The van der Waals surface area contributed by atoms with Crippen molar-refractivity contribution < 1.29 is 0 Å². The molecule has 0 bridgehead atoms. The maximum atomic E-state index is 5.94. The van der Waals surface area contributed by atoms with Gasteiger partial charge in [-0.05, 0) is 18.4 Å². The minimum absolute atomic E-state index is 0.116. The van der Waals surface area contributed by atoms with Crippen LogP contribution in [0.25, 0.3) is 10.9 Å². The largest absolute Gasteiger partial charge is 0.311 e. The lowest BCUT2D eigenvalue weighted by Gasteiger charge is -2.21. The fourth-order valence-corrected chi connectivity index (χ4v) is 2.23. The van der Waals surface area contributed by atoms with E-state index in [2.05, 4.69) is 60.1 Å². The van der Waals surface area contributed by atoms with Crippen molar-refractivity contribution in [3.63, 3.8) is 0 Å². The molecular weight excluding hydrogens is 258 g/mol. The number of hydrogen-bond donors (Lipinski definition) is 1. The highest BCUT2D eigenvalue weighted by molar-refractivity contribution is 6.18. The van der Waals surface area contributed by atoms with Gasteiger partial charge in [0.25, 0.3) is 0 Å². The van der Waals surface area contributed by atoms with Gasteiger partial charge in [-0.25, -0.2) is 0 Å². The first-order chi connectivity index (χ1) is 9.07. The molecule has 0 saturated heterocycles. The van der Waals surface area contributed by atoms with E-state index in [9.17, 15) is 0 Å². The molecule has 1 N–H and O–H groups in total. The van der Waals surface area contributed by atoms with E-state index in [4.69, 9.17) is 11.6 Å². The average molecular weight is 280 g/mol. The lowest BCUT2D eigenvalue weighted by atomic mass is 9.96. The quantitative estimate of drug-likeness (QED) is 0.821. The van der Waals surface area contributed by atoms with Gasteiger partial charge < -0.3 is 5.32 Å². The number of halogens is 1. The number of alkyl halides is 1. The van der Waals surface area contributed by atoms with Gasteiger partial charge in [0.2, 0.25) is 0 Å². The van der Waals surface area contributed by atoms with E-state index in [-0.39, 0.29) is 5.41 Å². The number of para-hydroxylation sites is 1. The van der Waals surface area contributed by atoms with Crippen molar-refractivity contribution in [3.05, 3.63) is 30.0 Å². The molecule has 0 aliphatic heterocycles. The fraction of sp³-hybridized carbons (Fsp3) is 0.533. The third kappa shape index (κ3) is 3.28. The van der Waals surface area contributed by atoms with Crippen LogP contribution in [0.5, 0.6) is 0 Å². The van der Waals surface area contributed by atoms with Crippen LogP contribution < -0.4 is 5.32 Å². The molecule has 0 fully saturated rings. The van der Waals surface area contributed by atoms with E-state index in [1.165, 1.54) is 10.9 Å². The molecule has 0 atom stereocenters. The van der Waals surface area contributed by atoms with Crippen molar-refractivity contribution in [2.75, 3.05) is 12.4 Å². The van der Waals surface area contributed by atoms with Gasteiger partial charge in [0.15, 0.2) is 0 Å². The van der Waals surface area contributed by atoms with Crippen molar-refractivity contribution in [2.24, 2.45) is 5.41 Å². The maximum Gasteiger partial charge on any atom is 0.0841 e. The van der Waals surface area contributed by atoms with Crippen LogP contribution in [0, 0.1) is 5.41 Å². The van der Waals surface area contributed by atoms with Gasteiger partial charge in [-0.15, -0.1) is 11.6 Å². The summed E-state index contributed by atoms with van der Waals surface area (Å²) in [5, 5.41) is 9.37. The Kier molecular flexibility index (Phi) is 4.48. The summed E-state index contributed by atoms with van der Waals surface area (Å²) in [5.41, 5.74) is 2.44. The van der Waals surface area contributed by atoms with Crippen LogP contribution in [0.1, 0.15) is 26.5 Å². The van der Waals surface area contributed by atoms with Gasteiger partial charge in [0.1, 0.15) is 0 Å². The summed E-state index contributed by atoms with van der Waals surface area (Å²) in [6, 6.07) is 8.39. The second-order valence-corrected chi connectivity index (χ2v) is 5.95. The number of aromatic nitrogens is 2. The van der Waals surface area contributed by atoms with Crippen LogP contribution in [-0.2, 0) is 13.1 Å². The Labute approximate surface area is 119 Å². The molecule has 0 spiro atoms. The second kappa shape index (κ2) is 5.93. The molecule has 3 nitrogen and oxygen atoms in total. The highest BCUT2D eigenvalue weighted by Crippen LogP contribution is 2.19. The molecule has 104 valence electrons. The summed E-state index contributed by atoms with van der Waals surface area (Å²) >= 11 is 5.94. The van der Waals surface area contributed by atoms with E-state index in [0.29, 0.717) is 5.88 Å².